The molecule has 0 aliphatic carbocycles. The fraction of sp³-hybridized carbons (Fsp3) is 0.316. The molecule has 1 fully saturated rings. The molecule has 3 aromatic rings. The molecule has 1 amide bonds. The molecule has 128 valence electrons. The Kier molecular flexibility index (Phi) is 4.09. The van der Waals surface area contributed by atoms with Gasteiger partial charge in [-0.3, -0.25) is 14.2 Å². The summed E-state index contributed by atoms with van der Waals surface area (Å²) in [5, 5.41) is 0.640. The summed E-state index contributed by atoms with van der Waals surface area (Å²) in [6, 6.07) is 11.1. The van der Waals surface area contributed by atoms with Crippen molar-refractivity contribution in [1.82, 2.24) is 14.5 Å². The third kappa shape index (κ3) is 3.07. The lowest BCUT2D eigenvalue weighted by molar-refractivity contribution is -0.132. The van der Waals surface area contributed by atoms with E-state index in [1.165, 1.54) is 0 Å². The second-order valence-corrected chi connectivity index (χ2v) is 6.34. The zero-order valence-corrected chi connectivity index (χ0v) is 13.8. The van der Waals surface area contributed by atoms with Gasteiger partial charge in [-0.15, -0.1) is 0 Å². The molecule has 0 atom stereocenters. The smallest absolute Gasteiger partial charge is 0.261 e. The second kappa shape index (κ2) is 6.55. The minimum Gasteiger partial charge on any atom is -0.469 e. The molecule has 0 spiro atoms. The molecule has 0 saturated carbocycles. The van der Waals surface area contributed by atoms with Crippen LogP contribution in [-0.4, -0.2) is 33.4 Å². The summed E-state index contributed by atoms with van der Waals surface area (Å²) in [6.07, 6.45) is 5.01. The van der Waals surface area contributed by atoms with Gasteiger partial charge in [0, 0.05) is 19.1 Å². The maximum absolute atomic E-state index is 12.7. The van der Waals surface area contributed by atoms with Gasteiger partial charge in [0.15, 0.2) is 0 Å². The van der Waals surface area contributed by atoms with Crippen molar-refractivity contribution in [1.29, 1.82) is 0 Å². The normalized spacial score (nSPS) is 15.6. The van der Waals surface area contributed by atoms with Gasteiger partial charge in [-0.05, 0) is 37.1 Å². The topological polar surface area (TPSA) is 68.3 Å². The van der Waals surface area contributed by atoms with Crippen molar-refractivity contribution in [3.8, 4) is 0 Å². The van der Waals surface area contributed by atoms with Crippen molar-refractivity contribution >= 4 is 16.8 Å². The maximum Gasteiger partial charge on any atom is 0.261 e. The van der Waals surface area contributed by atoms with E-state index in [2.05, 4.69) is 4.98 Å². The molecule has 1 saturated heterocycles. The third-order valence-electron chi connectivity index (χ3n) is 4.81. The molecule has 4 rings (SSSR count). The number of furan rings is 1. The maximum atomic E-state index is 12.7. The molecule has 6 nitrogen and oxygen atoms in total. The molecule has 1 aromatic carbocycles. The molecule has 0 N–H and O–H groups in total. The Morgan fingerprint density at radius 1 is 1.16 bits per heavy atom. The lowest BCUT2D eigenvalue weighted by Crippen LogP contribution is -2.41. The zero-order valence-electron chi connectivity index (χ0n) is 13.8. The average molecular weight is 337 g/mol. The highest BCUT2D eigenvalue weighted by atomic mass is 16.3. The van der Waals surface area contributed by atoms with E-state index in [1.54, 1.807) is 23.2 Å². The predicted octanol–water partition coefficient (Wildman–Crippen LogP) is 2.40. The first-order valence-corrected chi connectivity index (χ1v) is 8.48. The number of carbonyl (C=O) groups excluding carboxylic acids is 1. The van der Waals surface area contributed by atoms with E-state index < -0.39 is 0 Å². The number of nitrogens with zero attached hydrogens (tertiary/aromatic N) is 3. The van der Waals surface area contributed by atoms with Crippen LogP contribution in [-0.2, 0) is 11.2 Å². The largest absolute Gasteiger partial charge is 0.469 e. The molecule has 25 heavy (non-hydrogen) atoms. The summed E-state index contributed by atoms with van der Waals surface area (Å²) >= 11 is 0. The van der Waals surface area contributed by atoms with Crippen LogP contribution in [0.1, 0.15) is 24.6 Å². The van der Waals surface area contributed by atoms with E-state index in [0.717, 1.165) is 18.4 Å². The number of hydrogen-bond acceptors (Lipinski definition) is 4. The monoisotopic (exact) mass is 337 g/mol. The van der Waals surface area contributed by atoms with Crippen LogP contribution >= 0.6 is 0 Å². The number of rotatable bonds is 3. The standard InChI is InChI=1S/C19H19N3O3/c23-18(12-15-4-3-11-25-15)21-9-7-14(8-10-21)22-13-20-17-6-2-1-5-16(17)19(22)24/h1-6,11,13-14H,7-10,12H2. The number of hydrogen-bond donors (Lipinski definition) is 0. The van der Waals surface area contributed by atoms with E-state index in [-0.39, 0.29) is 23.9 Å². The van der Waals surface area contributed by atoms with E-state index in [9.17, 15) is 9.59 Å². The molecule has 3 heterocycles. The van der Waals surface area contributed by atoms with Crippen LogP contribution in [0.5, 0.6) is 0 Å². The van der Waals surface area contributed by atoms with E-state index in [0.29, 0.717) is 24.2 Å². The first-order valence-electron chi connectivity index (χ1n) is 8.48. The highest BCUT2D eigenvalue weighted by Gasteiger charge is 2.25. The van der Waals surface area contributed by atoms with Gasteiger partial charge < -0.3 is 9.32 Å². The van der Waals surface area contributed by atoms with Crippen LogP contribution in [0.2, 0.25) is 0 Å². The third-order valence-corrected chi connectivity index (χ3v) is 4.81. The lowest BCUT2D eigenvalue weighted by atomic mass is 10.0. The number of amides is 1. The highest BCUT2D eigenvalue weighted by Crippen LogP contribution is 2.22. The minimum atomic E-state index is -0.00837. The summed E-state index contributed by atoms with van der Waals surface area (Å²) in [7, 11) is 0. The first kappa shape index (κ1) is 15.6. The van der Waals surface area contributed by atoms with Crippen LogP contribution in [0.25, 0.3) is 10.9 Å². The molecule has 0 bridgehead atoms. The van der Waals surface area contributed by atoms with Gasteiger partial charge in [0.05, 0.1) is 29.9 Å². The molecular formula is C19H19N3O3. The average Bonchev–Trinajstić information content (AvgIpc) is 3.15. The second-order valence-electron chi connectivity index (χ2n) is 6.34. The fourth-order valence-electron chi connectivity index (χ4n) is 3.41. The van der Waals surface area contributed by atoms with Gasteiger partial charge in [0.1, 0.15) is 5.76 Å². The van der Waals surface area contributed by atoms with Gasteiger partial charge in [0.2, 0.25) is 5.91 Å². The Morgan fingerprint density at radius 3 is 2.72 bits per heavy atom. The number of para-hydroxylation sites is 1. The quantitative estimate of drug-likeness (QED) is 0.736. The van der Waals surface area contributed by atoms with Crippen molar-refractivity contribution in [3.05, 3.63) is 65.1 Å². The number of piperidine rings is 1. The summed E-state index contributed by atoms with van der Waals surface area (Å²) in [5.74, 6) is 0.749. The molecular weight excluding hydrogens is 318 g/mol. The molecule has 0 unspecified atom stereocenters. The minimum absolute atomic E-state index is 0.00837. The van der Waals surface area contributed by atoms with E-state index >= 15 is 0 Å². The van der Waals surface area contributed by atoms with Crippen molar-refractivity contribution in [2.75, 3.05) is 13.1 Å². The molecule has 6 heteroatoms. The number of carbonyl (C=O) groups is 1. The molecule has 2 aromatic heterocycles. The summed E-state index contributed by atoms with van der Waals surface area (Å²) in [5.41, 5.74) is 0.709. The van der Waals surface area contributed by atoms with Crippen LogP contribution < -0.4 is 5.56 Å². The van der Waals surface area contributed by atoms with Gasteiger partial charge in [-0.1, -0.05) is 12.1 Å². The zero-order chi connectivity index (χ0) is 17.2. The van der Waals surface area contributed by atoms with Crippen molar-refractivity contribution < 1.29 is 9.21 Å². The SMILES string of the molecule is O=C(Cc1ccco1)N1CCC(n2cnc3ccccc3c2=O)CC1. The van der Waals surface area contributed by atoms with Gasteiger partial charge in [-0.25, -0.2) is 4.98 Å². The Bertz CT molecular complexity index is 938. The Hall–Kier alpha value is -2.89. The Labute approximate surface area is 144 Å². The number of benzene rings is 1. The Morgan fingerprint density at radius 2 is 1.96 bits per heavy atom. The summed E-state index contributed by atoms with van der Waals surface area (Å²) in [4.78, 5) is 31.3. The van der Waals surface area contributed by atoms with Crippen LogP contribution in [0.15, 0.2) is 58.2 Å². The Balaban J connectivity index is 1.46. The highest BCUT2D eigenvalue weighted by molar-refractivity contribution is 5.78. The molecule has 1 aliphatic rings. The molecule has 1 aliphatic heterocycles. The fourth-order valence-corrected chi connectivity index (χ4v) is 3.41. The van der Waals surface area contributed by atoms with E-state index in [1.807, 2.05) is 35.2 Å². The lowest BCUT2D eigenvalue weighted by Gasteiger charge is -2.32. The van der Waals surface area contributed by atoms with Crippen LogP contribution in [0.4, 0.5) is 0 Å². The van der Waals surface area contributed by atoms with Crippen molar-refractivity contribution in [2.45, 2.75) is 25.3 Å². The molecule has 0 radical (unpaired) electrons. The number of aromatic nitrogens is 2. The summed E-state index contributed by atoms with van der Waals surface area (Å²) < 4.78 is 6.96. The van der Waals surface area contributed by atoms with Gasteiger partial charge >= 0.3 is 0 Å². The first-order chi connectivity index (χ1) is 12.2. The van der Waals surface area contributed by atoms with Gasteiger partial charge in [0.25, 0.3) is 5.56 Å². The van der Waals surface area contributed by atoms with Gasteiger partial charge in [-0.2, -0.15) is 0 Å². The predicted molar refractivity (Wildman–Crippen MR) is 93.3 cm³/mol. The van der Waals surface area contributed by atoms with Crippen LogP contribution in [0.3, 0.4) is 0 Å². The van der Waals surface area contributed by atoms with Crippen LogP contribution in [0, 0.1) is 0 Å². The number of likely N-dealkylation sites (tertiary alicyclic amines) is 1. The summed E-state index contributed by atoms with van der Waals surface area (Å²) in [6.45, 7) is 1.28. The van der Waals surface area contributed by atoms with Crippen molar-refractivity contribution in [2.24, 2.45) is 0 Å². The van der Waals surface area contributed by atoms with Crippen molar-refractivity contribution in [3.63, 3.8) is 0 Å². The number of fused-ring (bicyclic) bond motifs is 1. The van der Waals surface area contributed by atoms with E-state index in [4.69, 9.17) is 4.42 Å².